The lowest BCUT2D eigenvalue weighted by molar-refractivity contribution is 0.607. The second-order valence-corrected chi connectivity index (χ2v) is 6.56. The van der Waals surface area contributed by atoms with E-state index in [1.165, 1.54) is 17.3 Å². The first kappa shape index (κ1) is 14.3. The van der Waals surface area contributed by atoms with Gasteiger partial charge in [-0.25, -0.2) is 13.4 Å². The van der Waals surface area contributed by atoms with Gasteiger partial charge in [0.25, 0.3) is 0 Å². The summed E-state index contributed by atoms with van der Waals surface area (Å²) in [6.07, 6.45) is 2.58. The van der Waals surface area contributed by atoms with Crippen LogP contribution in [-0.2, 0) is 10.0 Å². The fourth-order valence-corrected chi connectivity index (χ4v) is 2.49. The monoisotopic (exact) mass is 291 g/mol. The van der Waals surface area contributed by atoms with Gasteiger partial charge in [-0.2, -0.15) is 0 Å². The van der Waals surface area contributed by atoms with Crippen molar-refractivity contribution >= 4 is 27.2 Å². The van der Waals surface area contributed by atoms with Crippen LogP contribution in [0.5, 0.6) is 0 Å². The lowest BCUT2D eigenvalue weighted by Gasteiger charge is -2.09. The molecule has 1 aromatic carbocycles. The number of hydrogen-bond donors (Lipinski definition) is 2. The van der Waals surface area contributed by atoms with E-state index in [1.807, 2.05) is 26.0 Å². The predicted octanol–water partition coefficient (Wildman–Crippen LogP) is 2.81. The first-order valence-electron chi connectivity index (χ1n) is 6.11. The standard InChI is InChI=1S/C14H17N3O2S/c1-10-6-11(2)8-13(7-10)16-14-5-4-12(9-15-14)17-20(3,18)19/h4-9,17H,1-3H3,(H,15,16). The van der Waals surface area contributed by atoms with Crippen molar-refractivity contribution in [3.63, 3.8) is 0 Å². The number of aromatic nitrogens is 1. The molecule has 2 aromatic rings. The summed E-state index contributed by atoms with van der Waals surface area (Å²) in [4.78, 5) is 4.18. The zero-order valence-corrected chi connectivity index (χ0v) is 12.5. The van der Waals surface area contributed by atoms with Crippen LogP contribution in [0, 0.1) is 13.8 Å². The molecule has 0 aliphatic carbocycles. The van der Waals surface area contributed by atoms with Gasteiger partial charge >= 0.3 is 0 Å². The van der Waals surface area contributed by atoms with Crippen molar-refractivity contribution in [2.75, 3.05) is 16.3 Å². The maximum Gasteiger partial charge on any atom is 0.229 e. The molecule has 1 aromatic heterocycles. The quantitative estimate of drug-likeness (QED) is 0.908. The lowest BCUT2D eigenvalue weighted by atomic mass is 10.1. The van der Waals surface area contributed by atoms with Crippen LogP contribution >= 0.6 is 0 Å². The number of nitrogens with one attached hydrogen (secondary N) is 2. The third-order valence-electron chi connectivity index (χ3n) is 2.56. The normalized spacial score (nSPS) is 11.2. The smallest absolute Gasteiger partial charge is 0.229 e. The summed E-state index contributed by atoms with van der Waals surface area (Å²) in [5.74, 6) is 0.661. The number of sulfonamides is 1. The Balaban J connectivity index is 2.14. The van der Waals surface area contributed by atoms with Crippen LogP contribution in [0.15, 0.2) is 36.5 Å². The molecule has 1 heterocycles. The zero-order valence-electron chi connectivity index (χ0n) is 11.6. The van der Waals surface area contributed by atoms with Gasteiger partial charge in [-0.15, -0.1) is 0 Å². The SMILES string of the molecule is Cc1cc(C)cc(Nc2ccc(NS(C)(=O)=O)cn2)c1. The van der Waals surface area contributed by atoms with E-state index in [-0.39, 0.29) is 0 Å². The molecular weight excluding hydrogens is 274 g/mol. The van der Waals surface area contributed by atoms with E-state index >= 15 is 0 Å². The summed E-state index contributed by atoms with van der Waals surface area (Å²) in [7, 11) is -3.27. The van der Waals surface area contributed by atoms with Crippen molar-refractivity contribution in [1.82, 2.24) is 4.98 Å². The number of aryl methyl sites for hydroxylation is 2. The van der Waals surface area contributed by atoms with Crippen molar-refractivity contribution < 1.29 is 8.42 Å². The Morgan fingerprint density at radius 3 is 2.15 bits per heavy atom. The molecule has 0 amide bonds. The Labute approximate surface area is 119 Å². The van der Waals surface area contributed by atoms with E-state index in [0.717, 1.165) is 11.9 Å². The fourth-order valence-electron chi connectivity index (χ4n) is 1.94. The van der Waals surface area contributed by atoms with Gasteiger partial charge < -0.3 is 5.32 Å². The van der Waals surface area contributed by atoms with Gasteiger partial charge in [-0.1, -0.05) is 6.07 Å². The Morgan fingerprint density at radius 2 is 1.65 bits per heavy atom. The molecule has 0 unspecified atom stereocenters. The second-order valence-electron chi connectivity index (χ2n) is 4.81. The lowest BCUT2D eigenvalue weighted by Crippen LogP contribution is -2.09. The molecule has 2 N–H and O–H groups in total. The third-order valence-corrected chi connectivity index (χ3v) is 3.17. The maximum absolute atomic E-state index is 11.1. The van der Waals surface area contributed by atoms with Crippen molar-refractivity contribution in [2.45, 2.75) is 13.8 Å². The molecule has 0 radical (unpaired) electrons. The number of nitrogens with zero attached hydrogens (tertiary/aromatic N) is 1. The Morgan fingerprint density at radius 1 is 1.00 bits per heavy atom. The van der Waals surface area contributed by atoms with Crippen LogP contribution in [0.4, 0.5) is 17.2 Å². The van der Waals surface area contributed by atoms with Crippen LogP contribution in [0.2, 0.25) is 0 Å². The van der Waals surface area contributed by atoms with Crippen LogP contribution in [0.3, 0.4) is 0 Å². The molecule has 20 heavy (non-hydrogen) atoms. The molecule has 6 heteroatoms. The van der Waals surface area contributed by atoms with E-state index in [1.54, 1.807) is 12.1 Å². The molecule has 0 aliphatic rings. The molecule has 0 atom stereocenters. The molecule has 0 bridgehead atoms. The summed E-state index contributed by atoms with van der Waals surface area (Å²) in [6, 6.07) is 9.54. The molecule has 0 spiro atoms. The van der Waals surface area contributed by atoms with Crippen molar-refractivity contribution in [3.05, 3.63) is 47.7 Å². The summed E-state index contributed by atoms with van der Waals surface area (Å²) in [6.45, 7) is 4.06. The van der Waals surface area contributed by atoms with Gasteiger partial charge in [-0.3, -0.25) is 4.72 Å². The van der Waals surface area contributed by atoms with Gasteiger partial charge in [-0.05, 0) is 49.2 Å². The molecule has 2 rings (SSSR count). The zero-order chi connectivity index (χ0) is 14.8. The topological polar surface area (TPSA) is 71.1 Å². The molecular formula is C14H17N3O2S. The highest BCUT2D eigenvalue weighted by Gasteiger charge is 2.03. The van der Waals surface area contributed by atoms with Gasteiger partial charge in [0.05, 0.1) is 18.1 Å². The highest BCUT2D eigenvalue weighted by molar-refractivity contribution is 7.92. The van der Waals surface area contributed by atoms with E-state index in [4.69, 9.17) is 0 Å². The summed E-state index contributed by atoms with van der Waals surface area (Å²) in [5.41, 5.74) is 3.74. The summed E-state index contributed by atoms with van der Waals surface area (Å²) < 4.78 is 24.6. The summed E-state index contributed by atoms with van der Waals surface area (Å²) in [5, 5.41) is 3.19. The fraction of sp³-hybridized carbons (Fsp3) is 0.214. The number of rotatable bonds is 4. The first-order chi connectivity index (χ1) is 9.32. The highest BCUT2D eigenvalue weighted by atomic mass is 32.2. The predicted molar refractivity (Wildman–Crippen MR) is 81.9 cm³/mol. The first-order valence-corrected chi connectivity index (χ1v) is 8.00. The number of benzene rings is 1. The van der Waals surface area contributed by atoms with Crippen LogP contribution in [0.1, 0.15) is 11.1 Å². The van der Waals surface area contributed by atoms with E-state index in [2.05, 4.69) is 21.1 Å². The number of hydrogen-bond acceptors (Lipinski definition) is 4. The van der Waals surface area contributed by atoms with E-state index in [9.17, 15) is 8.42 Å². The summed E-state index contributed by atoms with van der Waals surface area (Å²) >= 11 is 0. The van der Waals surface area contributed by atoms with Crippen molar-refractivity contribution in [3.8, 4) is 0 Å². The van der Waals surface area contributed by atoms with Crippen molar-refractivity contribution in [2.24, 2.45) is 0 Å². The molecule has 5 nitrogen and oxygen atoms in total. The number of anilines is 3. The maximum atomic E-state index is 11.1. The molecule has 0 saturated carbocycles. The molecule has 106 valence electrons. The third kappa shape index (κ3) is 4.24. The van der Waals surface area contributed by atoms with Crippen molar-refractivity contribution in [1.29, 1.82) is 0 Å². The number of pyridine rings is 1. The van der Waals surface area contributed by atoms with Gasteiger partial charge in [0.15, 0.2) is 0 Å². The minimum atomic E-state index is -3.27. The van der Waals surface area contributed by atoms with Gasteiger partial charge in [0.1, 0.15) is 5.82 Å². The van der Waals surface area contributed by atoms with Gasteiger partial charge in [0, 0.05) is 5.69 Å². The Bertz CT molecular complexity index is 689. The minimum Gasteiger partial charge on any atom is -0.340 e. The van der Waals surface area contributed by atoms with E-state index < -0.39 is 10.0 Å². The van der Waals surface area contributed by atoms with Crippen LogP contribution in [-0.4, -0.2) is 19.7 Å². The molecule has 0 saturated heterocycles. The average Bonchev–Trinajstić information content (AvgIpc) is 2.28. The average molecular weight is 291 g/mol. The van der Waals surface area contributed by atoms with Crippen LogP contribution < -0.4 is 10.0 Å². The van der Waals surface area contributed by atoms with Gasteiger partial charge in [0.2, 0.25) is 10.0 Å². The molecule has 0 aliphatic heterocycles. The van der Waals surface area contributed by atoms with E-state index in [0.29, 0.717) is 11.5 Å². The molecule has 0 fully saturated rings. The second kappa shape index (κ2) is 5.50. The largest absolute Gasteiger partial charge is 0.340 e. The highest BCUT2D eigenvalue weighted by Crippen LogP contribution is 2.19. The van der Waals surface area contributed by atoms with Crippen LogP contribution in [0.25, 0.3) is 0 Å². The minimum absolute atomic E-state index is 0.443. The Kier molecular flexibility index (Phi) is 3.94. The Hall–Kier alpha value is -2.08.